The molecule has 4 unspecified atom stereocenters. The van der Waals surface area contributed by atoms with Gasteiger partial charge in [0.05, 0.1) is 18.4 Å². The molecule has 1 amide bonds. The van der Waals surface area contributed by atoms with Crippen LogP contribution in [0.3, 0.4) is 0 Å². The van der Waals surface area contributed by atoms with Gasteiger partial charge in [-0.05, 0) is 24.2 Å². The molecule has 2 bridgehead atoms. The van der Waals surface area contributed by atoms with Gasteiger partial charge in [-0.25, -0.2) is 0 Å². The second kappa shape index (κ2) is 6.98. The minimum absolute atomic E-state index is 0.0277. The molecule has 126 valence electrons. The maximum Gasteiger partial charge on any atom is 0.310 e. The Morgan fingerprint density at radius 2 is 1.87 bits per heavy atom. The number of carbonyl (C=O) groups excluding carboxylic acids is 2. The molecule has 0 radical (unpaired) electrons. The standard InChI is InChI=1S/C17H23NO5/c1-9(2)10(3)15(19)18-6-7-23-17(22)14-12-5-4-11(8-12)13(14)16(20)21/h4-5,9,11-14H,3,6-8H2,1-2H3,(H,18,19)(H,20,21). The number of nitrogens with one attached hydrogen (secondary N) is 1. The van der Waals surface area contributed by atoms with E-state index in [0.29, 0.717) is 12.0 Å². The van der Waals surface area contributed by atoms with E-state index in [-0.39, 0.29) is 36.8 Å². The van der Waals surface area contributed by atoms with Crippen molar-refractivity contribution in [2.45, 2.75) is 20.3 Å². The van der Waals surface area contributed by atoms with E-state index in [1.165, 1.54) is 0 Å². The first-order chi connectivity index (χ1) is 10.8. The number of hydrogen-bond acceptors (Lipinski definition) is 4. The van der Waals surface area contributed by atoms with Crippen molar-refractivity contribution in [1.29, 1.82) is 0 Å². The lowest BCUT2D eigenvalue weighted by atomic mass is 9.83. The fourth-order valence-corrected chi connectivity index (χ4v) is 3.27. The van der Waals surface area contributed by atoms with Crippen LogP contribution in [0.5, 0.6) is 0 Å². The van der Waals surface area contributed by atoms with E-state index in [1.54, 1.807) is 0 Å². The van der Waals surface area contributed by atoms with Crippen molar-refractivity contribution in [3.63, 3.8) is 0 Å². The van der Waals surface area contributed by atoms with Gasteiger partial charge in [0, 0.05) is 5.57 Å². The normalized spacial score (nSPS) is 28.0. The van der Waals surface area contributed by atoms with Gasteiger partial charge in [0.15, 0.2) is 0 Å². The molecule has 2 aliphatic rings. The molecule has 1 saturated carbocycles. The molecule has 0 aromatic carbocycles. The Morgan fingerprint density at radius 1 is 1.26 bits per heavy atom. The van der Waals surface area contributed by atoms with Crippen LogP contribution in [0.25, 0.3) is 0 Å². The highest BCUT2D eigenvalue weighted by molar-refractivity contribution is 5.93. The Kier molecular flexibility index (Phi) is 5.23. The molecule has 23 heavy (non-hydrogen) atoms. The molecule has 0 heterocycles. The van der Waals surface area contributed by atoms with Crippen molar-refractivity contribution in [2.24, 2.45) is 29.6 Å². The topological polar surface area (TPSA) is 92.7 Å². The maximum absolute atomic E-state index is 12.2. The molecule has 6 heteroatoms. The number of aliphatic carboxylic acids is 1. The summed E-state index contributed by atoms with van der Waals surface area (Å²) in [5.41, 5.74) is 0.473. The summed E-state index contributed by atoms with van der Waals surface area (Å²) in [5.74, 6) is -3.11. The Labute approximate surface area is 135 Å². The summed E-state index contributed by atoms with van der Waals surface area (Å²) in [6.45, 7) is 7.65. The molecule has 0 saturated heterocycles. The lowest BCUT2D eigenvalue weighted by Crippen LogP contribution is -2.36. The molecule has 2 aliphatic carbocycles. The highest BCUT2D eigenvalue weighted by atomic mass is 16.5. The largest absolute Gasteiger partial charge is 0.481 e. The first-order valence-electron chi connectivity index (χ1n) is 7.87. The zero-order valence-electron chi connectivity index (χ0n) is 13.5. The average Bonchev–Trinajstić information content (AvgIpc) is 3.10. The Morgan fingerprint density at radius 3 is 2.43 bits per heavy atom. The number of fused-ring (bicyclic) bond motifs is 2. The van der Waals surface area contributed by atoms with E-state index in [0.717, 1.165) is 0 Å². The number of rotatable bonds is 7. The highest BCUT2D eigenvalue weighted by Crippen LogP contribution is 2.48. The van der Waals surface area contributed by atoms with E-state index in [1.807, 2.05) is 26.0 Å². The van der Waals surface area contributed by atoms with Gasteiger partial charge in [-0.3, -0.25) is 14.4 Å². The second-order valence-corrected chi connectivity index (χ2v) is 6.44. The van der Waals surface area contributed by atoms with Crippen LogP contribution in [0.4, 0.5) is 0 Å². The van der Waals surface area contributed by atoms with E-state index in [9.17, 15) is 19.5 Å². The SMILES string of the molecule is C=C(C(=O)NCCOC(=O)C1C2C=CC(C2)C1C(=O)O)C(C)C. The molecule has 2 N–H and O–H groups in total. The zero-order chi connectivity index (χ0) is 17.1. The summed E-state index contributed by atoms with van der Waals surface area (Å²) in [6.07, 6.45) is 4.48. The molecule has 0 spiro atoms. The number of carboxylic acid groups (broad SMARTS) is 1. The molecule has 1 fully saturated rings. The Hall–Kier alpha value is -2.11. The van der Waals surface area contributed by atoms with Gasteiger partial charge < -0.3 is 15.2 Å². The summed E-state index contributed by atoms with van der Waals surface area (Å²) in [5, 5.41) is 11.9. The average molecular weight is 321 g/mol. The van der Waals surface area contributed by atoms with Crippen molar-refractivity contribution in [2.75, 3.05) is 13.2 Å². The van der Waals surface area contributed by atoms with Crippen molar-refractivity contribution < 1.29 is 24.2 Å². The van der Waals surface area contributed by atoms with Gasteiger partial charge in [0.1, 0.15) is 6.61 Å². The molecule has 6 nitrogen and oxygen atoms in total. The lowest BCUT2D eigenvalue weighted by molar-refractivity contribution is -0.158. The van der Waals surface area contributed by atoms with Crippen LogP contribution in [0, 0.1) is 29.6 Å². The minimum Gasteiger partial charge on any atom is -0.481 e. The van der Waals surface area contributed by atoms with Crippen molar-refractivity contribution in [1.82, 2.24) is 5.32 Å². The smallest absolute Gasteiger partial charge is 0.310 e. The van der Waals surface area contributed by atoms with E-state index in [4.69, 9.17) is 4.74 Å². The van der Waals surface area contributed by atoms with E-state index >= 15 is 0 Å². The summed E-state index contributed by atoms with van der Waals surface area (Å²) in [7, 11) is 0. The van der Waals surface area contributed by atoms with Crippen LogP contribution in [0.2, 0.25) is 0 Å². The van der Waals surface area contributed by atoms with Gasteiger partial charge in [-0.1, -0.05) is 32.6 Å². The first kappa shape index (κ1) is 17.2. The quantitative estimate of drug-likeness (QED) is 0.320. The third-order valence-corrected chi connectivity index (χ3v) is 4.64. The monoisotopic (exact) mass is 321 g/mol. The molecular weight excluding hydrogens is 298 g/mol. The molecule has 2 rings (SSSR count). The fourth-order valence-electron chi connectivity index (χ4n) is 3.27. The number of allylic oxidation sites excluding steroid dienone is 2. The number of esters is 1. The summed E-state index contributed by atoms with van der Waals surface area (Å²) in [4.78, 5) is 35.2. The van der Waals surface area contributed by atoms with Crippen molar-refractivity contribution >= 4 is 17.8 Å². The summed E-state index contributed by atoms with van der Waals surface area (Å²) < 4.78 is 5.17. The minimum atomic E-state index is -0.953. The molecule has 0 aliphatic heterocycles. The van der Waals surface area contributed by atoms with Crippen LogP contribution in [-0.2, 0) is 19.1 Å². The van der Waals surface area contributed by atoms with Crippen LogP contribution in [0.15, 0.2) is 24.3 Å². The van der Waals surface area contributed by atoms with E-state index in [2.05, 4.69) is 11.9 Å². The number of carboxylic acids is 1. The second-order valence-electron chi connectivity index (χ2n) is 6.44. The predicted molar refractivity (Wildman–Crippen MR) is 83.3 cm³/mol. The highest BCUT2D eigenvalue weighted by Gasteiger charge is 2.52. The Balaban J connectivity index is 1.79. The lowest BCUT2D eigenvalue weighted by Gasteiger charge is -2.23. The van der Waals surface area contributed by atoms with Gasteiger partial charge in [0.25, 0.3) is 0 Å². The summed E-state index contributed by atoms with van der Waals surface area (Å²) in [6, 6.07) is 0. The number of carbonyl (C=O) groups is 3. The van der Waals surface area contributed by atoms with Crippen molar-refractivity contribution in [3.8, 4) is 0 Å². The Bertz CT molecular complexity index is 551. The third kappa shape index (κ3) is 3.63. The molecular formula is C17H23NO5. The molecule has 0 aromatic heterocycles. The van der Waals surface area contributed by atoms with Crippen LogP contribution in [0.1, 0.15) is 20.3 Å². The first-order valence-corrected chi connectivity index (χ1v) is 7.87. The van der Waals surface area contributed by atoms with Crippen LogP contribution < -0.4 is 5.32 Å². The van der Waals surface area contributed by atoms with Gasteiger partial charge >= 0.3 is 11.9 Å². The molecule has 4 atom stereocenters. The van der Waals surface area contributed by atoms with E-state index < -0.39 is 23.8 Å². The van der Waals surface area contributed by atoms with Gasteiger partial charge in [-0.2, -0.15) is 0 Å². The fraction of sp³-hybridized carbons (Fsp3) is 0.588. The van der Waals surface area contributed by atoms with Crippen LogP contribution in [-0.4, -0.2) is 36.1 Å². The number of amides is 1. The van der Waals surface area contributed by atoms with Gasteiger partial charge in [-0.15, -0.1) is 0 Å². The number of ether oxygens (including phenoxy) is 1. The molecule has 0 aromatic rings. The van der Waals surface area contributed by atoms with Crippen molar-refractivity contribution in [3.05, 3.63) is 24.3 Å². The predicted octanol–water partition coefficient (Wildman–Crippen LogP) is 1.38. The maximum atomic E-state index is 12.2. The van der Waals surface area contributed by atoms with Crippen LogP contribution >= 0.6 is 0 Å². The number of hydrogen-bond donors (Lipinski definition) is 2. The van der Waals surface area contributed by atoms with Gasteiger partial charge in [0.2, 0.25) is 5.91 Å². The third-order valence-electron chi connectivity index (χ3n) is 4.64. The summed E-state index contributed by atoms with van der Waals surface area (Å²) >= 11 is 0. The zero-order valence-corrected chi connectivity index (χ0v) is 13.5.